The zero-order valence-electron chi connectivity index (χ0n) is 10.3. The lowest BCUT2D eigenvalue weighted by molar-refractivity contribution is 0.0693. The van der Waals surface area contributed by atoms with Crippen LogP contribution in [0.25, 0.3) is 0 Å². The van der Waals surface area contributed by atoms with E-state index in [0.29, 0.717) is 5.76 Å². The van der Waals surface area contributed by atoms with Gasteiger partial charge in [-0.1, -0.05) is 6.07 Å². The topological polar surface area (TPSA) is 112 Å². The van der Waals surface area contributed by atoms with E-state index in [9.17, 15) is 14.7 Å². The van der Waals surface area contributed by atoms with Crippen molar-refractivity contribution in [3.63, 3.8) is 0 Å². The molecule has 1 aromatic carbocycles. The van der Waals surface area contributed by atoms with Crippen LogP contribution in [0.3, 0.4) is 0 Å². The zero-order chi connectivity index (χ0) is 14.5. The van der Waals surface area contributed by atoms with E-state index in [-0.39, 0.29) is 17.8 Å². The van der Waals surface area contributed by atoms with Crippen LogP contribution in [0.5, 0.6) is 5.75 Å². The second-order valence-corrected chi connectivity index (χ2v) is 3.89. The summed E-state index contributed by atoms with van der Waals surface area (Å²) < 4.78 is 5.04. The van der Waals surface area contributed by atoms with Gasteiger partial charge in [0.05, 0.1) is 18.5 Å². The third-order valence-electron chi connectivity index (χ3n) is 2.52. The van der Waals surface area contributed by atoms with E-state index in [1.54, 1.807) is 12.1 Å². The number of para-hydroxylation sites is 1. The van der Waals surface area contributed by atoms with E-state index in [0.717, 1.165) is 0 Å². The third-order valence-corrected chi connectivity index (χ3v) is 2.52. The molecule has 0 aliphatic heterocycles. The van der Waals surface area contributed by atoms with Gasteiger partial charge in [0.1, 0.15) is 11.3 Å². The number of amides is 2. The highest BCUT2D eigenvalue weighted by atomic mass is 16.4. The van der Waals surface area contributed by atoms with Crippen LogP contribution in [0.4, 0.5) is 10.5 Å². The van der Waals surface area contributed by atoms with Gasteiger partial charge in [-0.25, -0.2) is 9.59 Å². The summed E-state index contributed by atoms with van der Waals surface area (Å²) in [5.74, 6) is -1.20. The lowest BCUT2D eigenvalue weighted by atomic mass is 10.2. The van der Waals surface area contributed by atoms with Crippen LogP contribution in [0.15, 0.2) is 41.0 Å². The molecule has 2 rings (SSSR count). The van der Waals surface area contributed by atoms with Crippen molar-refractivity contribution in [2.75, 3.05) is 5.32 Å². The van der Waals surface area contributed by atoms with E-state index in [1.807, 2.05) is 0 Å². The second kappa shape index (κ2) is 5.79. The number of anilines is 1. The minimum atomic E-state index is -1.28. The van der Waals surface area contributed by atoms with Gasteiger partial charge >= 0.3 is 12.0 Å². The van der Waals surface area contributed by atoms with Crippen LogP contribution in [-0.2, 0) is 6.54 Å². The molecule has 2 aromatic rings. The van der Waals surface area contributed by atoms with Gasteiger partial charge in [0.2, 0.25) is 0 Å². The SMILES string of the molecule is O=C(NCc1ccco1)Nc1cccc(C(=O)O)c1O. The Kier molecular flexibility index (Phi) is 3.90. The first-order valence-electron chi connectivity index (χ1n) is 5.70. The van der Waals surface area contributed by atoms with Crippen molar-refractivity contribution in [2.24, 2.45) is 0 Å². The number of carboxylic acids is 1. The van der Waals surface area contributed by atoms with Gasteiger partial charge in [-0.15, -0.1) is 0 Å². The molecule has 0 saturated carbocycles. The van der Waals surface area contributed by atoms with Crippen molar-refractivity contribution in [1.82, 2.24) is 5.32 Å². The van der Waals surface area contributed by atoms with Crippen molar-refractivity contribution in [2.45, 2.75) is 6.54 Å². The van der Waals surface area contributed by atoms with Crippen molar-refractivity contribution < 1.29 is 24.2 Å². The molecule has 0 unspecified atom stereocenters. The fourth-order valence-corrected chi connectivity index (χ4v) is 1.56. The number of aromatic hydroxyl groups is 1. The maximum atomic E-state index is 11.6. The first-order chi connectivity index (χ1) is 9.58. The Morgan fingerprint density at radius 3 is 2.65 bits per heavy atom. The first-order valence-corrected chi connectivity index (χ1v) is 5.70. The first kappa shape index (κ1) is 13.5. The molecule has 0 spiro atoms. The maximum absolute atomic E-state index is 11.6. The molecule has 20 heavy (non-hydrogen) atoms. The number of carbonyl (C=O) groups excluding carboxylic acids is 1. The fraction of sp³-hybridized carbons (Fsp3) is 0.0769. The molecule has 7 nitrogen and oxygen atoms in total. The Morgan fingerprint density at radius 1 is 1.20 bits per heavy atom. The molecule has 7 heteroatoms. The standard InChI is InChI=1S/C13H12N2O5/c16-11-9(12(17)18)4-1-5-10(11)15-13(19)14-7-8-3-2-6-20-8/h1-6,16H,7H2,(H,17,18)(H2,14,15,19). The zero-order valence-corrected chi connectivity index (χ0v) is 10.3. The summed E-state index contributed by atoms with van der Waals surface area (Å²) in [7, 11) is 0. The Labute approximate surface area is 113 Å². The number of furan rings is 1. The number of rotatable bonds is 4. The number of phenols is 1. The van der Waals surface area contributed by atoms with Gasteiger partial charge in [0.15, 0.2) is 5.75 Å². The molecule has 0 radical (unpaired) electrons. The van der Waals surface area contributed by atoms with Crippen LogP contribution in [0, 0.1) is 0 Å². The number of urea groups is 1. The van der Waals surface area contributed by atoms with Gasteiger partial charge in [-0.05, 0) is 24.3 Å². The molecule has 0 aliphatic carbocycles. The fourth-order valence-electron chi connectivity index (χ4n) is 1.56. The van der Waals surface area contributed by atoms with E-state index < -0.39 is 17.7 Å². The van der Waals surface area contributed by atoms with Crippen molar-refractivity contribution in [3.05, 3.63) is 47.9 Å². The molecule has 4 N–H and O–H groups in total. The summed E-state index contributed by atoms with van der Waals surface area (Å²) in [4.78, 5) is 22.5. The molecule has 1 aromatic heterocycles. The van der Waals surface area contributed by atoms with E-state index in [2.05, 4.69) is 10.6 Å². The van der Waals surface area contributed by atoms with E-state index in [4.69, 9.17) is 9.52 Å². The predicted molar refractivity (Wildman–Crippen MR) is 69.6 cm³/mol. The Balaban J connectivity index is 2.01. The number of hydrogen-bond donors (Lipinski definition) is 4. The number of carboxylic acid groups (broad SMARTS) is 1. The smallest absolute Gasteiger partial charge is 0.339 e. The summed E-state index contributed by atoms with van der Waals surface area (Å²) >= 11 is 0. The van der Waals surface area contributed by atoms with Crippen molar-refractivity contribution in [1.29, 1.82) is 0 Å². The molecule has 2 amide bonds. The van der Waals surface area contributed by atoms with Gasteiger partial charge in [0, 0.05) is 0 Å². The molecule has 0 fully saturated rings. The van der Waals surface area contributed by atoms with Crippen molar-refractivity contribution >= 4 is 17.7 Å². The van der Waals surface area contributed by atoms with Gasteiger partial charge < -0.3 is 25.3 Å². The number of aromatic carboxylic acids is 1. The van der Waals surface area contributed by atoms with Crippen LogP contribution in [0.1, 0.15) is 16.1 Å². The highest BCUT2D eigenvalue weighted by Crippen LogP contribution is 2.27. The largest absolute Gasteiger partial charge is 0.505 e. The molecule has 0 bridgehead atoms. The summed E-state index contributed by atoms with van der Waals surface area (Å²) in [6.07, 6.45) is 1.48. The Morgan fingerprint density at radius 2 is 2.00 bits per heavy atom. The highest BCUT2D eigenvalue weighted by molar-refractivity contribution is 5.97. The summed E-state index contributed by atoms with van der Waals surface area (Å²) in [5, 5.41) is 23.4. The summed E-state index contributed by atoms with van der Waals surface area (Å²) in [5.41, 5.74) is -0.268. The highest BCUT2D eigenvalue weighted by Gasteiger charge is 2.14. The summed E-state index contributed by atoms with van der Waals surface area (Å²) in [6, 6.07) is 6.86. The van der Waals surface area contributed by atoms with Crippen LogP contribution < -0.4 is 10.6 Å². The lowest BCUT2D eigenvalue weighted by Crippen LogP contribution is -2.28. The number of nitrogens with one attached hydrogen (secondary N) is 2. The van der Waals surface area contributed by atoms with Crippen LogP contribution >= 0.6 is 0 Å². The molecular weight excluding hydrogens is 264 g/mol. The summed E-state index contributed by atoms with van der Waals surface area (Å²) in [6.45, 7) is 0.179. The minimum absolute atomic E-state index is 0.0156. The van der Waals surface area contributed by atoms with E-state index in [1.165, 1.54) is 24.5 Å². The maximum Gasteiger partial charge on any atom is 0.339 e. The minimum Gasteiger partial charge on any atom is -0.505 e. The van der Waals surface area contributed by atoms with Crippen LogP contribution in [0.2, 0.25) is 0 Å². The van der Waals surface area contributed by atoms with Gasteiger partial charge in [-0.2, -0.15) is 0 Å². The monoisotopic (exact) mass is 276 g/mol. The van der Waals surface area contributed by atoms with Crippen molar-refractivity contribution in [3.8, 4) is 5.75 Å². The number of hydrogen-bond acceptors (Lipinski definition) is 4. The molecular formula is C13H12N2O5. The molecule has 0 saturated heterocycles. The average molecular weight is 276 g/mol. The quantitative estimate of drug-likeness (QED) is 0.638. The third kappa shape index (κ3) is 3.08. The van der Waals surface area contributed by atoms with Gasteiger partial charge in [-0.3, -0.25) is 0 Å². The Bertz CT molecular complexity index is 622. The molecule has 104 valence electrons. The molecule has 0 atom stereocenters. The lowest BCUT2D eigenvalue weighted by Gasteiger charge is -2.09. The predicted octanol–water partition coefficient (Wildman–Crippen LogP) is 2.01. The van der Waals surface area contributed by atoms with Crippen LogP contribution in [-0.4, -0.2) is 22.2 Å². The second-order valence-electron chi connectivity index (χ2n) is 3.89. The average Bonchev–Trinajstić information content (AvgIpc) is 2.91. The number of benzene rings is 1. The molecule has 0 aliphatic rings. The molecule has 1 heterocycles. The normalized spacial score (nSPS) is 10.0. The van der Waals surface area contributed by atoms with E-state index >= 15 is 0 Å². The van der Waals surface area contributed by atoms with Gasteiger partial charge in [0.25, 0.3) is 0 Å². The number of carbonyl (C=O) groups is 2. The Hall–Kier alpha value is -2.96.